The van der Waals surface area contributed by atoms with Crippen LogP contribution < -0.4 is 5.73 Å². The van der Waals surface area contributed by atoms with E-state index in [2.05, 4.69) is 25.7 Å². The van der Waals surface area contributed by atoms with Gasteiger partial charge in [-0.1, -0.05) is 33.6 Å². The van der Waals surface area contributed by atoms with Crippen molar-refractivity contribution in [1.29, 1.82) is 0 Å². The molecule has 1 amide bonds. The highest BCUT2D eigenvalue weighted by molar-refractivity contribution is 5.79. The van der Waals surface area contributed by atoms with Crippen LogP contribution in [0.5, 0.6) is 0 Å². The molecule has 20 heavy (non-hydrogen) atoms. The maximum absolute atomic E-state index is 12.7. The quantitative estimate of drug-likeness (QED) is 0.863. The second-order valence-corrected chi connectivity index (χ2v) is 7.46. The van der Waals surface area contributed by atoms with Gasteiger partial charge in [0, 0.05) is 25.0 Å². The second kappa shape index (κ2) is 6.46. The van der Waals surface area contributed by atoms with E-state index in [1.807, 2.05) is 0 Å². The number of amides is 1. The number of carbonyl (C=O) groups excluding carboxylic acids is 1. The molecular formula is C17H32N2O. The molecule has 2 rings (SSSR count). The van der Waals surface area contributed by atoms with Crippen LogP contribution in [0.4, 0.5) is 0 Å². The standard InChI is InChI=1S/C17H32N2O/c1-4-17(3)8-10-19(11-9-17)16(20)13(2)14-6-5-7-15(18)12-14/h13-15H,4-12,18H2,1-3H3. The topological polar surface area (TPSA) is 46.3 Å². The van der Waals surface area contributed by atoms with Crippen LogP contribution in [0.25, 0.3) is 0 Å². The van der Waals surface area contributed by atoms with Crippen molar-refractivity contribution in [3.63, 3.8) is 0 Å². The number of nitrogens with two attached hydrogens (primary N) is 1. The van der Waals surface area contributed by atoms with Crippen molar-refractivity contribution in [2.24, 2.45) is 23.0 Å². The van der Waals surface area contributed by atoms with Crippen molar-refractivity contribution in [2.75, 3.05) is 13.1 Å². The Balaban J connectivity index is 1.88. The molecule has 2 fully saturated rings. The van der Waals surface area contributed by atoms with Gasteiger partial charge in [0.05, 0.1) is 0 Å². The van der Waals surface area contributed by atoms with Crippen LogP contribution in [0.3, 0.4) is 0 Å². The number of likely N-dealkylation sites (tertiary alicyclic amines) is 1. The summed E-state index contributed by atoms with van der Waals surface area (Å²) in [6.07, 6.45) is 8.09. The Kier molecular flexibility index (Phi) is 5.11. The van der Waals surface area contributed by atoms with E-state index >= 15 is 0 Å². The van der Waals surface area contributed by atoms with Crippen LogP contribution in [-0.2, 0) is 4.79 Å². The summed E-state index contributed by atoms with van der Waals surface area (Å²) in [4.78, 5) is 14.8. The summed E-state index contributed by atoms with van der Waals surface area (Å²) in [5.41, 5.74) is 6.52. The summed E-state index contributed by atoms with van der Waals surface area (Å²) in [7, 11) is 0. The first-order chi connectivity index (χ1) is 9.45. The summed E-state index contributed by atoms with van der Waals surface area (Å²) >= 11 is 0. The van der Waals surface area contributed by atoms with Crippen LogP contribution in [-0.4, -0.2) is 29.9 Å². The summed E-state index contributed by atoms with van der Waals surface area (Å²) in [5.74, 6) is 1.04. The lowest BCUT2D eigenvalue weighted by molar-refractivity contribution is -0.139. The zero-order valence-corrected chi connectivity index (χ0v) is 13.5. The van der Waals surface area contributed by atoms with Crippen LogP contribution in [0.2, 0.25) is 0 Å². The van der Waals surface area contributed by atoms with E-state index in [-0.39, 0.29) is 5.92 Å². The molecule has 0 radical (unpaired) electrons. The van der Waals surface area contributed by atoms with Gasteiger partial charge in [-0.15, -0.1) is 0 Å². The van der Waals surface area contributed by atoms with Crippen molar-refractivity contribution < 1.29 is 4.79 Å². The van der Waals surface area contributed by atoms with Gasteiger partial charge in [0.2, 0.25) is 5.91 Å². The SMILES string of the molecule is CCC1(C)CCN(C(=O)C(C)C2CCCC(N)C2)CC1. The van der Waals surface area contributed by atoms with Gasteiger partial charge in [-0.05, 0) is 43.4 Å². The van der Waals surface area contributed by atoms with Crippen molar-refractivity contribution in [2.45, 2.75) is 71.8 Å². The Bertz CT molecular complexity index is 334. The highest BCUT2D eigenvalue weighted by Gasteiger charge is 2.35. The summed E-state index contributed by atoms with van der Waals surface area (Å²) in [6.45, 7) is 8.65. The molecule has 2 aliphatic rings. The molecule has 3 nitrogen and oxygen atoms in total. The fraction of sp³-hybridized carbons (Fsp3) is 0.941. The third-order valence-electron chi connectivity index (χ3n) is 5.99. The molecule has 3 heteroatoms. The summed E-state index contributed by atoms with van der Waals surface area (Å²) < 4.78 is 0. The monoisotopic (exact) mass is 280 g/mol. The summed E-state index contributed by atoms with van der Waals surface area (Å²) in [5, 5.41) is 0. The Labute approximate surface area is 124 Å². The molecule has 1 saturated carbocycles. The maximum Gasteiger partial charge on any atom is 0.225 e. The molecule has 1 heterocycles. The molecule has 1 saturated heterocycles. The molecule has 116 valence electrons. The average molecular weight is 280 g/mol. The highest BCUT2D eigenvalue weighted by Crippen LogP contribution is 2.36. The first-order valence-electron chi connectivity index (χ1n) is 8.49. The minimum Gasteiger partial charge on any atom is -0.342 e. The van der Waals surface area contributed by atoms with E-state index in [1.54, 1.807) is 0 Å². The third kappa shape index (κ3) is 3.55. The van der Waals surface area contributed by atoms with E-state index in [0.29, 0.717) is 23.3 Å². The molecule has 0 aromatic rings. The minimum absolute atomic E-state index is 0.160. The van der Waals surface area contributed by atoms with E-state index < -0.39 is 0 Å². The first-order valence-corrected chi connectivity index (χ1v) is 8.49. The minimum atomic E-state index is 0.160. The van der Waals surface area contributed by atoms with Gasteiger partial charge in [0.25, 0.3) is 0 Å². The van der Waals surface area contributed by atoms with Gasteiger partial charge >= 0.3 is 0 Å². The third-order valence-corrected chi connectivity index (χ3v) is 5.99. The first kappa shape index (κ1) is 15.8. The van der Waals surface area contributed by atoms with Crippen molar-refractivity contribution in [1.82, 2.24) is 4.90 Å². The molecule has 1 aliphatic carbocycles. The van der Waals surface area contributed by atoms with Crippen LogP contribution in [0, 0.1) is 17.3 Å². The molecule has 3 unspecified atom stereocenters. The zero-order chi connectivity index (χ0) is 14.8. The molecule has 1 aliphatic heterocycles. The van der Waals surface area contributed by atoms with Crippen LogP contribution in [0.15, 0.2) is 0 Å². The lowest BCUT2D eigenvalue weighted by atomic mass is 9.76. The predicted molar refractivity (Wildman–Crippen MR) is 83.3 cm³/mol. The lowest BCUT2D eigenvalue weighted by Gasteiger charge is -2.41. The number of rotatable bonds is 3. The smallest absolute Gasteiger partial charge is 0.225 e. The number of piperidine rings is 1. The molecule has 3 atom stereocenters. The summed E-state index contributed by atoms with van der Waals surface area (Å²) in [6, 6.07) is 0.314. The normalized spacial score (nSPS) is 31.9. The Hall–Kier alpha value is -0.570. The Morgan fingerprint density at radius 3 is 2.55 bits per heavy atom. The van der Waals surface area contributed by atoms with Crippen LogP contribution in [0.1, 0.15) is 65.7 Å². The number of hydrogen-bond donors (Lipinski definition) is 1. The number of hydrogen-bond acceptors (Lipinski definition) is 2. The molecule has 0 aromatic heterocycles. The van der Waals surface area contributed by atoms with E-state index in [9.17, 15) is 4.79 Å². The van der Waals surface area contributed by atoms with Crippen molar-refractivity contribution in [3.05, 3.63) is 0 Å². The average Bonchev–Trinajstić information content (AvgIpc) is 2.46. The zero-order valence-electron chi connectivity index (χ0n) is 13.5. The highest BCUT2D eigenvalue weighted by atomic mass is 16.2. The molecule has 0 aromatic carbocycles. The molecular weight excluding hydrogens is 248 g/mol. The second-order valence-electron chi connectivity index (χ2n) is 7.46. The molecule has 0 spiro atoms. The lowest BCUT2D eigenvalue weighted by Crippen LogP contribution is -2.46. The van der Waals surface area contributed by atoms with Gasteiger partial charge in [-0.3, -0.25) is 4.79 Å². The van der Waals surface area contributed by atoms with Crippen molar-refractivity contribution in [3.8, 4) is 0 Å². The predicted octanol–water partition coefficient (Wildman–Crippen LogP) is 3.18. The van der Waals surface area contributed by atoms with Gasteiger partial charge < -0.3 is 10.6 Å². The molecule has 0 bridgehead atoms. The van der Waals surface area contributed by atoms with Crippen molar-refractivity contribution >= 4 is 5.91 Å². The Morgan fingerprint density at radius 2 is 2.00 bits per heavy atom. The molecule has 2 N–H and O–H groups in total. The van der Waals surface area contributed by atoms with Gasteiger partial charge in [-0.25, -0.2) is 0 Å². The number of carbonyl (C=O) groups is 1. The van der Waals surface area contributed by atoms with E-state index in [0.717, 1.165) is 38.8 Å². The van der Waals surface area contributed by atoms with Crippen LogP contribution >= 0.6 is 0 Å². The van der Waals surface area contributed by atoms with Gasteiger partial charge in [0.1, 0.15) is 0 Å². The Morgan fingerprint density at radius 1 is 1.35 bits per heavy atom. The van der Waals surface area contributed by atoms with E-state index in [4.69, 9.17) is 5.73 Å². The van der Waals surface area contributed by atoms with E-state index in [1.165, 1.54) is 19.3 Å². The largest absolute Gasteiger partial charge is 0.342 e. The van der Waals surface area contributed by atoms with Gasteiger partial charge in [-0.2, -0.15) is 0 Å². The fourth-order valence-electron chi connectivity index (χ4n) is 3.83. The number of nitrogens with zero attached hydrogens (tertiary/aromatic N) is 1. The maximum atomic E-state index is 12.7. The van der Waals surface area contributed by atoms with Gasteiger partial charge in [0.15, 0.2) is 0 Å². The fourth-order valence-corrected chi connectivity index (χ4v) is 3.83.